The molecule has 0 radical (unpaired) electrons. The van der Waals surface area contributed by atoms with Crippen LogP contribution in [0.4, 0.5) is 0 Å². The Hall–Kier alpha value is -0.990. The van der Waals surface area contributed by atoms with Gasteiger partial charge in [-0.15, -0.1) is 11.3 Å². The Labute approximate surface area is 68.8 Å². The van der Waals surface area contributed by atoms with Crippen LogP contribution in [-0.4, -0.2) is 17.6 Å². The Kier molecular flexibility index (Phi) is 2.95. The van der Waals surface area contributed by atoms with Crippen molar-refractivity contribution in [3.8, 4) is 0 Å². The van der Waals surface area contributed by atoms with Crippen molar-refractivity contribution in [2.75, 3.05) is 6.54 Å². The van der Waals surface area contributed by atoms with Gasteiger partial charge in [0, 0.05) is 17.5 Å². The number of aliphatic imine (C=N–C) groups is 1. The Morgan fingerprint density at radius 2 is 2.73 bits per heavy atom. The molecule has 1 rings (SSSR count). The minimum atomic E-state index is 0.233. The summed E-state index contributed by atoms with van der Waals surface area (Å²) in [6, 6.07) is 0. The summed E-state index contributed by atoms with van der Waals surface area (Å²) < 4.78 is 0. The van der Waals surface area contributed by atoms with E-state index in [1.54, 1.807) is 17.5 Å². The van der Waals surface area contributed by atoms with Crippen molar-refractivity contribution in [1.29, 1.82) is 0 Å². The molecule has 0 N–H and O–H groups in total. The summed E-state index contributed by atoms with van der Waals surface area (Å²) in [7, 11) is 0. The summed E-state index contributed by atoms with van der Waals surface area (Å²) in [5.74, 6) is 0.233. The van der Waals surface area contributed by atoms with Crippen LogP contribution in [0.25, 0.3) is 0 Å². The van der Waals surface area contributed by atoms with Crippen molar-refractivity contribution in [2.24, 2.45) is 4.99 Å². The maximum atomic E-state index is 9.77. The van der Waals surface area contributed by atoms with Gasteiger partial charge >= 0.3 is 0 Å². The topological polar surface area (TPSA) is 42.3 Å². The Morgan fingerprint density at radius 3 is 3.27 bits per heavy atom. The molecule has 0 saturated heterocycles. The highest BCUT2D eigenvalue weighted by molar-refractivity contribution is 7.09. The van der Waals surface area contributed by atoms with Gasteiger partial charge in [0.05, 0.1) is 11.6 Å². The van der Waals surface area contributed by atoms with Crippen LogP contribution < -0.4 is 0 Å². The molecule has 4 heteroatoms. The number of carbonyl (C=O) groups excluding carboxylic acids is 1. The highest BCUT2D eigenvalue weighted by atomic mass is 32.1. The predicted octanol–water partition coefficient (Wildman–Crippen LogP) is 1.58. The van der Waals surface area contributed by atoms with Crippen LogP contribution in [0.5, 0.6) is 0 Å². The van der Waals surface area contributed by atoms with Gasteiger partial charge < -0.3 is 0 Å². The first-order valence-electron chi connectivity index (χ1n) is 3.27. The standard InChI is InChI=1S/C7H8N2OS/c1-6(4-8-5-10)7-9-2-3-11-7/h2-3,6H,4H2,1H3/t6-/m1/s1. The van der Waals surface area contributed by atoms with Crippen molar-refractivity contribution in [3.05, 3.63) is 16.6 Å². The molecule has 0 amide bonds. The van der Waals surface area contributed by atoms with Gasteiger partial charge in [-0.2, -0.15) is 0 Å². The molecule has 0 aromatic carbocycles. The third-order valence-electron chi connectivity index (χ3n) is 1.30. The molecule has 1 aromatic heterocycles. The summed E-state index contributed by atoms with van der Waals surface area (Å²) in [6.07, 6.45) is 3.26. The molecule has 0 bridgehead atoms. The fraction of sp³-hybridized carbons (Fsp3) is 0.429. The lowest BCUT2D eigenvalue weighted by molar-refractivity contribution is 0.561. The maximum absolute atomic E-state index is 9.77. The monoisotopic (exact) mass is 168 g/mol. The van der Waals surface area contributed by atoms with E-state index in [2.05, 4.69) is 9.98 Å². The van der Waals surface area contributed by atoms with Crippen molar-refractivity contribution < 1.29 is 4.79 Å². The Morgan fingerprint density at radius 1 is 1.91 bits per heavy atom. The van der Waals surface area contributed by atoms with E-state index in [4.69, 9.17) is 0 Å². The fourth-order valence-corrected chi connectivity index (χ4v) is 1.42. The third kappa shape index (κ3) is 2.26. The summed E-state index contributed by atoms with van der Waals surface area (Å²) in [5, 5.41) is 2.93. The normalized spacial score (nSPS) is 12.1. The number of rotatable bonds is 3. The molecular formula is C7H8N2OS. The molecule has 0 aliphatic rings. The van der Waals surface area contributed by atoms with Crippen molar-refractivity contribution in [2.45, 2.75) is 12.8 Å². The van der Waals surface area contributed by atoms with Crippen LogP contribution in [0.1, 0.15) is 17.8 Å². The molecule has 0 spiro atoms. The lowest BCUT2D eigenvalue weighted by atomic mass is 10.2. The minimum absolute atomic E-state index is 0.233. The van der Waals surface area contributed by atoms with Gasteiger partial charge in [-0.1, -0.05) is 6.92 Å². The average Bonchev–Trinajstić information content (AvgIpc) is 2.52. The molecule has 0 unspecified atom stereocenters. The maximum Gasteiger partial charge on any atom is 0.234 e. The van der Waals surface area contributed by atoms with Gasteiger partial charge in [-0.3, -0.25) is 0 Å². The largest absolute Gasteiger partial charge is 0.249 e. The van der Waals surface area contributed by atoms with E-state index in [9.17, 15) is 4.79 Å². The predicted molar refractivity (Wildman–Crippen MR) is 43.5 cm³/mol. The second kappa shape index (κ2) is 4.01. The molecule has 11 heavy (non-hydrogen) atoms. The first-order valence-corrected chi connectivity index (χ1v) is 4.15. The quantitative estimate of drug-likeness (QED) is 0.508. The van der Waals surface area contributed by atoms with Crippen molar-refractivity contribution in [3.63, 3.8) is 0 Å². The second-order valence-electron chi connectivity index (χ2n) is 2.20. The number of isocyanates is 1. The van der Waals surface area contributed by atoms with Gasteiger partial charge in [0.1, 0.15) is 0 Å². The van der Waals surface area contributed by atoms with Crippen LogP contribution >= 0.6 is 11.3 Å². The summed E-state index contributed by atoms with van der Waals surface area (Å²) in [6.45, 7) is 2.47. The van der Waals surface area contributed by atoms with Gasteiger partial charge in [0.25, 0.3) is 0 Å². The van der Waals surface area contributed by atoms with E-state index in [1.807, 2.05) is 12.3 Å². The molecule has 1 heterocycles. The molecule has 58 valence electrons. The zero-order valence-corrected chi connectivity index (χ0v) is 6.97. The van der Waals surface area contributed by atoms with Crippen LogP contribution in [0.15, 0.2) is 16.6 Å². The number of nitrogens with zero attached hydrogens (tertiary/aromatic N) is 2. The van der Waals surface area contributed by atoms with E-state index in [-0.39, 0.29) is 5.92 Å². The van der Waals surface area contributed by atoms with Crippen molar-refractivity contribution >= 4 is 17.4 Å². The Bertz CT molecular complexity index is 251. The number of hydrogen-bond donors (Lipinski definition) is 0. The van der Waals surface area contributed by atoms with Gasteiger partial charge in [-0.25, -0.2) is 14.8 Å². The molecule has 0 fully saturated rings. The smallest absolute Gasteiger partial charge is 0.234 e. The lowest BCUT2D eigenvalue weighted by Crippen LogP contribution is -1.95. The number of thiazole rings is 1. The summed E-state index contributed by atoms with van der Waals surface area (Å²) in [5.41, 5.74) is 0. The molecule has 0 aliphatic heterocycles. The fourth-order valence-electron chi connectivity index (χ4n) is 0.730. The van der Waals surface area contributed by atoms with Gasteiger partial charge in [0.2, 0.25) is 6.08 Å². The summed E-state index contributed by atoms with van der Waals surface area (Å²) >= 11 is 1.58. The van der Waals surface area contributed by atoms with E-state index in [1.165, 1.54) is 6.08 Å². The first-order chi connectivity index (χ1) is 5.34. The molecule has 0 aliphatic carbocycles. The van der Waals surface area contributed by atoms with E-state index in [0.29, 0.717) is 6.54 Å². The van der Waals surface area contributed by atoms with E-state index >= 15 is 0 Å². The van der Waals surface area contributed by atoms with E-state index in [0.717, 1.165) is 5.01 Å². The molecule has 1 aromatic rings. The van der Waals surface area contributed by atoms with Crippen molar-refractivity contribution in [1.82, 2.24) is 4.98 Å². The van der Waals surface area contributed by atoms with Crippen LogP contribution in [0.3, 0.4) is 0 Å². The highest BCUT2D eigenvalue weighted by Crippen LogP contribution is 2.16. The minimum Gasteiger partial charge on any atom is -0.249 e. The zero-order valence-electron chi connectivity index (χ0n) is 6.15. The second-order valence-corrected chi connectivity index (χ2v) is 3.13. The van der Waals surface area contributed by atoms with E-state index < -0.39 is 0 Å². The SMILES string of the molecule is C[C@H](CN=C=O)c1nccs1. The Balaban J connectivity index is 2.55. The third-order valence-corrected chi connectivity index (χ3v) is 2.31. The van der Waals surface area contributed by atoms with Gasteiger partial charge in [-0.05, 0) is 0 Å². The number of aromatic nitrogens is 1. The highest BCUT2D eigenvalue weighted by Gasteiger charge is 2.05. The first kappa shape index (κ1) is 8.11. The molecule has 1 atom stereocenters. The lowest BCUT2D eigenvalue weighted by Gasteiger charge is -2.00. The van der Waals surface area contributed by atoms with Crippen LogP contribution in [0.2, 0.25) is 0 Å². The number of hydrogen-bond acceptors (Lipinski definition) is 4. The average molecular weight is 168 g/mol. The zero-order chi connectivity index (χ0) is 8.10. The summed E-state index contributed by atoms with van der Waals surface area (Å²) in [4.78, 5) is 17.4. The van der Waals surface area contributed by atoms with Crippen LogP contribution in [-0.2, 0) is 4.79 Å². The van der Waals surface area contributed by atoms with Gasteiger partial charge in [0.15, 0.2) is 0 Å². The molecule has 3 nitrogen and oxygen atoms in total. The molecular weight excluding hydrogens is 160 g/mol. The van der Waals surface area contributed by atoms with Crippen LogP contribution in [0, 0.1) is 0 Å². The molecule has 0 saturated carbocycles.